The van der Waals surface area contributed by atoms with Crippen LogP contribution < -0.4 is 0 Å². The smallest absolute Gasteiger partial charge is 0.475 e. The summed E-state index contributed by atoms with van der Waals surface area (Å²) in [7, 11) is 0. The zero-order chi connectivity index (χ0) is 25.2. The van der Waals surface area contributed by atoms with Gasteiger partial charge in [-0.05, 0) is 46.9 Å². The van der Waals surface area contributed by atoms with Crippen LogP contribution in [0.4, 0.5) is 26.3 Å². The molecule has 2 aromatic heterocycles. The van der Waals surface area contributed by atoms with Crippen molar-refractivity contribution in [2.75, 3.05) is 6.54 Å². The summed E-state index contributed by atoms with van der Waals surface area (Å²) in [6.45, 7) is 1.91. The molecule has 2 atom stereocenters. The number of nitrogens with zero attached hydrogens (tertiary/aromatic N) is 2. The Morgan fingerprint density at radius 1 is 1.06 bits per heavy atom. The first-order valence-electron chi connectivity index (χ1n) is 9.14. The molecule has 14 heteroatoms. The van der Waals surface area contributed by atoms with Gasteiger partial charge in [0.25, 0.3) is 0 Å². The number of carbonyl (C=O) groups is 2. The molecule has 0 saturated carbocycles. The van der Waals surface area contributed by atoms with Gasteiger partial charge in [0.2, 0.25) is 0 Å². The van der Waals surface area contributed by atoms with Crippen molar-refractivity contribution < 1.29 is 51.3 Å². The van der Waals surface area contributed by atoms with Crippen LogP contribution in [0, 0.1) is 0 Å². The predicted octanol–water partition coefficient (Wildman–Crippen LogP) is 3.59. The molecule has 0 radical (unpaired) electrons. The number of alkyl halides is 6. The maximum absolute atomic E-state index is 10.6. The van der Waals surface area contributed by atoms with Crippen LogP contribution in [-0.4, -0.2) is 68.2 Å². The number of aliphatic hydroxyl groups excluding tert-OH is 1. The van der Waals surface area contributed by atoms with Crippen LogP contribution in [0.1, 0.15) is 17.5 Å². The highest BCUT2D eigenvalue weighted by molar-refractivity contribution is 7.07. The first-order valence-corrected chi connectivity index (χ1v) is 10.1. The molecule has 3 heterocycles. The molecule has 1 aliphatic rings. The number of halogens is 6. The van der Waals surface area contributed by atoms with Crippen LogP contribution in [0.15, 0.2) is 41.4 Å². The molecule has 0 amide bonds. The molecule has 0 aromatic carbocycles. The van der Waals surface area contributed by atoms with Crippen molar-refractivity contribution in [3.05, 3.63) is 52.5 Å². The third-order valence-electron chi connectivity index (χ3n) is 4.24. The summed E-state index contributed by atoms with van der Waals surface area (Å²) in [6, 6.07) is 6.42. The normalized spacial score (nSPS) is 18.5. The quantitative estimate of drug-likeness (QED) is 0.548. The zero-order valence-corrected chi connectivity index (χ0v) is 17.6. The van der Waals surface area contributed by atoms with E-state index in [0.717, 1.165) is 25.9 Å². The molecule has 3 rings (SSSR count). The summed E-state index contributed by atoms with van der Waals surface area (Å²) in [5.41, 5.74) is 2.54. The fourth-order valence-electron chi connectivity index (χ4n) is 2.74. The van der Waals surface area contributed by atoms with Crippen molar-refractivity contribution in [1.82, 2.24) is 9.88 Å². The maximum Gasteiger partial charge on any atom is 0.490 e. The number of aliphatic carboxylic acids is 2. The van der Waals surface area contributed by atoms with E-state index in [0.29, 0.717) is 0 Å². The second-order valence-corrected chi connectivity index (χ2v) is 7.48. The monoisotopic (exact) mass is 502 g/mol. The minimum Gasteiger partial charge on any atom is -0.475 e. The molecule has 0 aliphatic carbocycles. The SMILES string of the molecule is O=C(O)C(F)(F)F.O=C(O)C(F)(F)F.O[C@H]1CCN(Cc2ccsc2)[C@H]1Cc1cccnc1. The molecule has 33 heavy (non-hydrogen) atoms. The van der Waals surface area contributed by atoms with Crippen molar-refractivity contribution in [3.8, 4) is 0 Å². The van der Waals surface area contributed by atoms with E-state index in [9.17, 15) is 31.4 Å². The molecule has 2 aromatic rings. The topological polar surface area (TPSA) is 111 Å². The number of likely N-dealkylation sites (tertiary alicyclic amines) is 1. The average molecular weight is 502 g/mol. The second-order valence-electron chi connectivity index (χ2n) is 6.70. The molecule has 0 bridgehead atoms. The summed E-state index contributed by atoms with van der Waals surface area (Å²) < 4.78 is 63.5. The largest absolute Gasteiger partial charge is 0.490 e. The van der Waals surface area contributed by atoms with Gasteiger partial charge in [0.15, 0.2) is 0 Å². The van der Waals surface area contributed by atoms with E-state index in [1.165, 1.54) is 11.1 Å². The van der Waals surface area contributed by atoms with Crippen LogP contribution in [0.5, 0.6) is 0 Å². The maximum atomic E-state index is 10.6. The standard InChI is InChI=1S/C15H18N2OS.2C2HF3O2/c18-15-3-6-17(10-13-4-7-19-11-13)14(15)8-12-2-1-5-16-9-12;2*3-2(4,5)1(6)7/h1-2,4-5,7,9,11,14-15,18H,3,6,8,10H2;2*(H,6,7)/t14-,15-;;/m0../s1. The molecule has 1 fully saturated rings. The van der Waals surface area contributed by atoms with Gasteiger partial charge in [-0.3, -0.25) is 9.88 Å². The molecular formula is C19H20F6N2O5S. The molecular weight excluding hydrogens is 482 g/mol. The zero-order valence-electron chi connectivity index (χ0n) is 16.8. The first-order chi connectivity index (χ1) is 15.2. The number of hydrogen-bond acceptors (Lipinski definition) is 6. The summed E-state index contributed by atoms with van der Waals surface area (Å²) in [5.74, 6) is -5.51. The lowest BCUT2D eigenvalue weighted by Gasteiger charge is -2.25. The Morgan fingerprint density at radius 3 is 2.06 bits per heavy atom. The highest BCUT2D eigenvalue weighted by Crippen LogP contribution is 2.24. The number of rotatable bonds is 4. The van der Waals surface area contributed by atoms with Crippen LogP contribution in [-0.2, 0) is 22.6 Å². The van der Waals surface area contributed by atoms with E-state index in [1.807, 2.05) is 12.3 Å². The number of carboxylic acid groups (broad SMARTS) is 2. The number of aliphatic hydroxyl groups is 1. The fourth-order valence-corrected chi connectivity index (χ4v) is 3.40. The van der Waals surface area contributed by atoms with E-state index in [2.05, 4.69) is 32.8 Å². The number of pyridine rings is 1. The summed E-state index contributed by atoms with van der Waals surface area (Å²) in [4.78, 5) is 24.3. The lowest BCUT2D eigenvalue weighted by molar-refractivity contribution is -0.193. The number of thiophene rings is 1. The van der Waals surface area contributed by atoms with E-state index in [-0.39, 0.29) is 12.1 Å². The summed E-state index contributed by atoms with van der Waals surface area (Å²) in [6.07, 6.45) is -4.96. The Hall–Kier alpha value is -2.71. The van der Waals surface area contributed by atoms with Gasteiger partial charge in [-0.15, -0.1) is 0 Å². The lowest BCUT2D eigenvalue weighted by Crippen LogP contribution is -2.36. The van der Waals surface area contributed by atoms with Crippen LogP contribution in [0.25, 0.3) is 0 Å². The Kier molecular flexibility index (Phi) is 10.7. The molecule has 1 saturated heterocycles. The molecule has 1 aliphatic heterocycles. The minimum absolute atomic E-state index is 0.212. The summed E-state index contributed by atoms with van der Waals surface area (Å²) >= 11 is 1.73. The number of hydrogen-bond donors (Lipinski definition) is 3. The number of aromatic nitrogens is 1. The average Bonchev–Trinajstić information content (AvgIpc) is 3.34. The van der Waals surface area contributed by atoms with Gasteiger partial charge in [-0.25, -0.2) is 9.59 Å². The van der Waals surface area contributed by atoms with Crippen molar-refractivity contribution >= 4 is 23.3 Å². The molecule has 0 spiro atoms. The van der Waals surface area contributed by atoms with E-state index >= 15 is 0 Å². The van der Waals surface area contributed by atoms with Crippen molar-refractivity contribution in [1.29, 1.82) is 0 Å². The Bertz CT molecular complexity index is 838. The van der Waals surface area contributed by atoms with Gasteiger partial charge in [-0.2, -0.15) is 37.7 Å². The van der Waals surface area contributed by atoms with Crippen molar-refractivity contribution in [3.63, 3.8) is 0 Å². The molecule has 3 N–H and O–H groups in total. The van der Waals surface area contributed by atoms with Crippen molar-refractivity contribution in [2.24, 2.45) is 0 Å². The number of carboxylic acids is 2. The third-order valence-corrected chi connectivity index (χ3v) is 4.98. The highest BCUT2D eigenvalue weighted by atomic mass is 32.1. The molecule has 0 unspecified atom stereocenters. The minimum atomic E-state index is -5.08. The summed E-state index contributed by atoms with van der Waals surface area (Å²) in [5, 5.41) is 28.7. The Labute approximate surface area is 187 Å². The van der Waals surface area contributed by atoms with Gasteiger partial charge in [0, 0.05) is 31.5 Å². The molecule has 184 valence electrons. The van der Waals surface area contributed by atoms with Gasteiger partial charge in [0.05, 0.1) is 6.10 Å². The van der Waals surface area contributed by atoms with Gasteiger partial charge in [-0.1, -0.05) is 6.07 Å². The van der Waals surface area contributed by atoms with E-state index < -0.39 is 24.3 Å². The third kappa shape index (κ3) is 10.6. The Morgan fingerprint density at radius 2 is 1.64 bits per heavy atom. The van der Waals surface area contributed by atoms with Gasteiger partial charge in [0.1, 0.15) is 0 Å². The van der Waals surface area contributed by atoms with Crippen molar-refractivity contribution in [2.45, 2.75) is 43.9 Å². The highest BCUT2D eigenvalue weighted by Gasteiger charge is 2.39. The van der Waals surface area contributed by atoms with Gasteiger partial charge >= 0.3 is 24.3 Å². The fraction of sp³-hybridized carbons (Fsp3) is 0.421. The second kappa shape index (κ2) is 12.5. The lowest BCUT2D eigenvalue weighted by atomic mass is 10.0. The molecule has 7 nitrogen and oxygen atoms in total. The predicted molar refractivity (Wildman–Crippen MR) is 104 cm³/mol. The van der Waals surface area contributed by atoms with Crippen LogP contribution >= 0.6 is 11.3 Å². The van der Waals surface area contributed by atoms with Gasteiger partial charge < -0.3 is 15.3 Å². The Balaban J connectivity index is 0.000000324. The van der Waals surface area contributed by atoms with Crippen LogP contribution in [0.2, 0.25) is 0 Å². The first kappa shape index (κ1) is 28.3. The van der Waals surface area contributed by atoms with Crippen LogP contribution in [0.3, 0.4) is 0 Å². The van der Waals surface area contributed by atoms with E-state index in [1.54, 1.807) is 17.5 Å². The van der Waals surface area contributed by atoms with E-state index in [4.69, 9.17) is 19.8 Å².